The molecular formula is C24H31N3O6. The van der Waals surface area contributed by atoms with Crippen LogP contribution in [-0.2, 0) is 22.4 Å². The maximum Gasteiger partial charge on any atom is 0.224 e. The summed E-state index contributed by atoms with van der Waals surface area (Å²) >= 11 is 0. The van der Waals surface area contributed by atoms with Gasteiger partial charge < -0.3 is 35.3 Å². The Morgan fingerprint density at radius 3 is 2.64 bits per heavy atom. The Balaban J connectivity index is 1.51. The summed E-state index contributed by atoms with van der Waals surface area (Å²) < 4.78 is 16.4. The molecule has 0 saturated carbocycles. The van der Waals surface area contributed by atoms with Crippen LogP contribution in [0.25, 0.3) is 0 Å². The van der Waals surface area contributed by atoms with E-state index in [0.29, 0.717) is 54.6 Å². The van der Waals surface area contributed by atoms with Crippen molar-refractivity contribution in [2.75, 3.05) is 44.5 Å². The largest absolute Gasteiger partial charge is 0.493 e. The maximum absolute atomic E-state index is 11.8. The minimum absolute atomic E-state index is 0.0767. The molecule has 2 aromatic rings. The number of benzene rings is 2. The first-order chi connectivity index (χ1) is 15.9. The Bertz CT molecular complexity index is 994. The molecule has 2 aromatic carbocycles. The molecule has 9 heteroatoms. The average Bonchev–Trinajstić information content (AvgIpc) is 2.79. The zero-order valence-corrected chi connectivity index (χ0v) is 19.2. The topological polar surface area (TPSA) is 118 Å². The van der Waals surface area contributed by atoms with Gasteiger partial charge in [-0.05, 0) is 43.1 Å². The molecule has 9 nitrogen and oxygen atoms in total. The highest BCUT2D eigenvalue weighted by molar-refractivity contribution is 5.97. The van der Waals surface area contributed by atoms with Crippen molar-refractivity contribution in [3.8, 4) is 17.2 Å². The molecule has 3 rings (SSSR count). The van der Waals surface area contributed by atoms with E-state index in [2.05, 4.69) is 16.0 Å². The van der Waals surface area contributed by atoms with E-state index in [1.54, 1.807) is 26.4 Å². The fraction of sp³-hybridized carbons (Fsp3) is 0.417. The smallest absolute Gasteiger partial charge is 0.224 e. The molecule has 4 N–H and O–H groups in total. The summed E-state index contributed by atoms with van der Waals surface area (Å²) in [6.07, 6.45) is 0.938. The molecule has 0 fully saturated rings. The SMILES string of the molecule is COc1ccc(CCNCC(O)COc2cc(NC(C)=O)cc3c2CCC(=O)N3)cc1OC. The Hall–Kier alpha value is -3.30. The lowest BCUT2D eigenvalue weighted by Crippen LogP contribution is -2.32. The number of anilines is 2. The number of fused-ring (bicyclic) bond motifs is 1. The summed E-state index contributed by atoms with van der Waals surface area (Å²) in [6.45, 7) is 2.52. The van der Waals surface area contributed by atoms with Gasteiger partial charge in [-0.1, -0.05) is 6.07 Å². The molecule has 0 aromatic heterocycles. The van der Waals surface area contributed by atoms with Gasteiger partial charge in [-0.15, -0.1) is 0 Å². The maximum atomic E-state index is 11.8. The molecule has 2 amide bonds. The third-order valence-corrected chi connectivity index (χ3v) is 5.26. The van der Waals surface area contributed by atoms with Gasteiger partial charge in [-0.2, -0.15) is 0 Å². The zero-order chi connectivity index (χ0) is 23.8. The van der Waals surface area contributed by atoms with Crippen LogP contribution in [0.15, 0.2) is 30.3 Å². The van der Waals surface area contributed by atoms with Gasteiger partial charge in [0.2, 0.25) is 11.8 Å². The van der Waals surface area contributed by atoms with Gasteiger partial charge >= 0.3 is 0 Å². The first-order valence-electron chi connectivity index (χ1n) is 10.9. The van der Waals surface area contributed by atoms with Gasteiger partial charge in [0, 0.05) is 42.9 Å². The second-order valence-corrected chi connectivity index (χ2v) is 7.84. The molecule has 0 radical (unpaired) electrons. The predicted octanol–water partition coefficient (Wildman–Crippen LogP) is 2.12. The summed E-state index contributed by atoms with van der Waals surface area (Å²) in [5, 5.41) is 19.1. The Labute approximate surface area is 193 Å². The van der Waals surface area contributed by atoms with E-state index in [0.717, 1.165) is 17.5 Å². The van der Waals surface area contributed by atoms with Crippen LogP contribution in [0, 0.1) is 0 Å². The van der Waals surface area contributed by atoms with Crippen LogP contribution in [-0.4, -0.2) is 56.9 Å². The number of methoxy groups -OCH3 is 2. The summed E-state index contributed by atoms with van der Waals surface area (Å²) in [4.78, 5) is 23.2. The molecule has 0 saturated heterocycles. The third-order valence-electron chi connectivity index (χ3n) is 5.26. The van der Waals surface area contributed by atoms with E-state index in [4.69, 9.17) is 14.2 Å². The second kappa shape index (κ2) is 11.5. The number of nitrogens with one attached hydrogen (secondary N) is 3. The molecule has 178 valence electrons. The Morgan fingerprint density at radius 2 is 1.91 bits per heavy atom. The van der Waals surface area contributed by atoms with E-state index in [-0.39, 0.29) is 18.4 Å². The predicted molar refractivity (Wildman–Crippen MR) is 125 cm³/mol. The minimum Gasteiger partial charge on any atom is -0.493 e. The lowest BCUT2D eigenvalue weighted by molar-refractivity contribution is -0.116. The number of ether oxygens (including phenoxy) is 3. The number of aliphatic hydroxyl groups excluding tert-OH is 1. The minimum atomic E-state index is -0.728. The first kappa shape index (κ1) is 24.3. The second-order valence-electron chi connectivity index (χ2n) is 7.84. The van der Waals surface area contributed by atoms with Crippen LogP contribution in [0.1, 0.15) is 24.5 Å². The number of hydrogen-bond acceptors (Lipinski definition) is 7. The highest BCUT2D eigenvalue weighted by Gasteiger charge is 2.21. The zero-order valence-electron chi connectivity index (χ0n) is 19.2. The quantitative estimate of drug-likeness (QED) is 0.382. The molecule has 1 heterocycles. The fourth-order valence-electron chi connectivity index (χ4n) is 3.65. The van der Waals surface area contributed by atoms with Gasteiger partial charge in [0.05, 0.1) is 14.2 Å². The fourth-order valence-corrected chi connectivity index (χ4v) is 3.65. The molecule has 1 aliphatic heterocycles. The normalized spacial score (nSPS) is 13.5. The first-order valence-corrected chi connectivity index (χ1v) is 10.9. The number of aliphatic hydroxyl groups is 1. The Morgan fingerprint density at radius 1 is 1.12 bits per heavy atom. The van der Waals surface area contributed by atoms with Gasteiger partial charge in [0.1, 0.15) is 18.5 Å². The lowest BCUT2D eigenvalue weighted by Gasteiger charge is -2.22. The summed E-state index contributed by atoms with van der Waals surface area (Å²) in [5.74, 6) is 1.62. The average molecular weight is 458 g/mol. The van der Waals surface area contributed by atoms with Crippen molar-refractivity contribution in [1.82, 2.24) is 5.32 Å². The van der Waals surface area contributed by atoms with E-state index in [9.17, 15) is 14.7 Å². The van der Waals surface area contributed by atoms with Crippen LogP contribution in [0.2, 0.25) is 0 Å². The molecule has 0 spiro atoms. The number of amides is 2. The van der Waals surface area contributed by atoms with Crippen LogP contribution in [0.5, 0.6) is 17.2 Å². The number of carbonyl (C=O) groups excluding carboxylic acids is 2. The van der Waals surface area contributed by atoms with E-state index in [1.807, 2.05) is 18.2 Å². The molecule has 0 bridgehead atoms. The number of rotatable bonds is 11. The molecular weight excluding hydrogens is 426 g/mol. The van der Waals surface area contributed by atoms with Crippen molar-refractivity contribution >= 4 is 23.2 Å². The van der Waals surface area contributed by atoms with Gasteiger partial charge in [-0.3, -0.25) is 9.59 Å². The third kappa shape index (κ3) is 6.84. The van der Waals surface area contributed by atoms with Gasteiger partial charge in [-0.25, -0.2) is 0 Å². The van der Waals surface area contributed by atoms with Gasteiger partial charge in [0.25, 0.3) is 0 Å². The standard InChI is InChI=1S/C24H31N3O6/c1-15(28)26-17-11-20-19(5-7-24(30)27-20)22(12-17)33-14-18(29)13-25-9-8-16-4-6-21(31-2)23(10-16)32-3/h4,6,10-12,18,25,29H,5,7-9,13-14H2,1-3H3,(H,26,28)(H,27,30). The van der Waals surface area contributed by atoms with Crippen molar-refractivity contribution in [2.45, 2.75) is 32.3 Å². The monoisotopic (exact) mass is 457 g/mol. The van der Waals surface area contributed by atoms with Crippen LogP contribution in [0.3, 0.4) is 0 Å². The Kier molecular flexibility index (Phi) is 8.51. The molecule has 0 aliphatic carbocycles. The summed E-state index contributed by atoms with van der Waals surface area (Å²) in [5.41, 5.74) is 3.10. The molecule has 1 aliphatic rings. The number of carbonyl (C=O) groups is 2. The van der Waals surface area contributed by atoms with E-state index in [1.165, 1.54) is 6.92 Å². The lowest BCUT2D eigenvalue weighted by atomic mass is 10.0. The van der Waals surface area contributed by atoms with E-state index < -0.39 is 6.10 Å². The van der Waals surface area contributed by atoms with Gasteiger partial charge in [0.15, 0.2) is 11.5 Å². The van der Waals surface area contributed by atoms with Crippen molar-refractivity contribution < 1.29 is 28.9 Å². The van der Waals surface area contributed by atoms with Crippen molar-refractivity contribution in [3.63, 3.8) is 0 Å². The molecule has 1 atom stereocenters. The summed E-state index contributed by atoms with van der Waals surface area (Å²) in [7, 11) is 3.21. The highest BCUT2D eigenvalue weighted by atomic mass is 16.5. The van der Waals surface area contributed by atoms with Crippen molar-refractivity contribution in [1.29, 1.82) is 0 Å². The molecule has 1 unspecified atom stereocenters. The molecule has 33 heavy (non-hydrogen) atoms. The van der Waals surface area contributed by atoms with Crippen LogP contribution < -0.4 is 30.2 Å². The summed E-state index contributed by atoms with van der Waals surface area (Å²) in [6, 6.07) is 9.22. The number of hydrogen-bond donors (Lipinski definition) is 4. The van der Waals surface area contributed by atoms with Crippen molar-refractivity contribution in [3.05, 3.63) is 41.5 Å². The van der Waals surface area contributed by atoms with Crippen LogP contribution in [0.4, 0.5) is 11.4 Å². The van der Waals surface area contributed by atoms with Crippen LogP contribution >= 0.6 is 0 Å². The highest BCUT2D eigenvalue weighted by Crippen LogP contribution is 2.35. The van der Waals surface area contributed by atoms with Crippen molar-refractivity contribution in [2.24, 2.45) is 0 Å². The van der Waals surface area contributed by atoms with E-state index >= 15 is 0 Å².